The Morgan fingerprint density at radius 2 is 1.00 bits per heavy atom. The van der Waals surface area contributed by atoms with Crippen molar-refractivity contribution in [2.75, 3.05) is 0 Å². The maximum atomic E-state index is 9.65. The Kier molecular flexibility index (Phi) is 15.3. The summed E-state index contributed by atoms with van der Waals surface area (Å²) in [5.74, 6) is 0.326. The maximum absolute atomic E-state index is 9.65. The second kappa shape index (κ2) is 15.3. The van der Waals surface area contributed by atoms with Crippen molar-refractivity contribution in [1.29, 1.82) is 0 Å². The van der Waals surface area contributed by atoms with Crippen molar-refractivity contribution in [3.63, 3.8) is 0 Å². The Morgan fingerprint density at radius 1 is 0.650 bits per heavy atom. The smallest absolute Gasteiger partial charge is 0.105 e. The van der Waals surface area contributed by atoms with E-state index < -0.39 is 6.23 Å². The maximum Gasteiger partial charge on any atom is 0.105 e. The van der Waals surface area contributed by atoms with Crippen molar-refractivity contribution in [3.05, 3.63) is 0 Å². The standard InChI is InChI=1S/C18H39NO/c1-3-5-7-9-10-11-12-14-16-17(18(19)20)15-13-8-6-4-2/h17-18,20H,3-16,19H2,1-2H3. The number of aliphatic hydroxyl groups excluding tert-OH is 1. The number of rotatable bonds is 15. The summed E-state index contributed by atoms with van der Waals surface area (Å²) in [6, 6.07) is 0. The summed E-state index contributed by atoms with van der Waals surface area (Å²) in [6.45, 7) is 4.49. The molecule has 0 amide bonds. The van der Waals surface area contributed by atoms with Crippen LogP contribution in [0.1, 0.15) is 104 Å². The lowest BCUT2D eigenvalue weighted by molar-refractivity contribution is 0.0997. The van der Waals surface area contributed by atoms with Crippen LogP contribution in [0.2, 0.25) is 0 Å². The minimum absolute atomic E-state index is 0.326. The number of unbranched alkanes of at least 4 members (excludes halogenated alkanes) is 10. The molecule has 0 fully saturated rings. The first kappa shape index (κ1) is 19.9. The molecule has 0 saturated heterocycles. The van der Waals surface area contributed by atoms with Crippen molar-refractivity contribution in [2.45, 2.75) is 110 Å². The molecule has 2 heteroatoms. The monoisotopic (exact) mass is 285 g/mol. The summed E-state index contributed by atoms with van der Waals surface area (Å²) in [7, 11) is 0. The Hall–Kier alpha value is -0.0800. The second-order valence-corrected chi connectivity index (χ2v) is 6.36. The molecular weight excluding hydrogens is 246 g/mol. The van der Waals surface area contributed by atoms with Gasteiger partial charge < -0.3 is 10.8 Å². The molecule has 3 N–H and O–H groups in total. The minimum Gasteiger partial charge on any atom is -0.379 e. The molecule has 0 bridgehead atoms. The molecule has 20 heavy (non-hydrogen) atoms. The summed E-state index contributed by atoms with van der Waals surface area (Å²) < 4.78 is 0. The van der Waals surface area contributed by atoms with E-state index in [-0.39, 0.29) is 0 Å². The summed E-state index contributed by atoms with van der Waals surface area (Å²) >= 11 is 0. The summed E-state index contributed by atoms with van der Waals surface area (Å²) in [5.41, 5.74) is 5.70. The highest BCUT2D eigenvalue weighted by Crippen LogP contribution is 2.20. The number of aliphatic hydroxyl groups is 1. The summed E-state index contributed by atoms with van der Waals surface area (Å²) in [5, 5.41) is 9.65. The molecule has 2 unspecified atom stereocenters. The van der Waals surface area contributed by atoms with Crippen molar-refractivity contribution in [1.82, 2.24) is 0 Å². The van der Waals surface area contributed by atoms with Crippen molar-refractivity contribution < 1.29 is 5.11 Å². The van der Waals surface area contributed by atoms with Gasteiger partial charge in [-0.05, 0) is 18.8 Å². The van der Waals surface area contributed by atoms with E-state index in [1.54, 1.807) is 0 Å². The molecule has 0 radical (unpaired) electrons. The fourth-order valence-electron chi connectivity index (χ4n) is 2.86. The van der Waals surface area contributed by atoms with Gasteiger partial charge in [-0.25, -0.2) is 0 Å². The van der Waals surface area contributed by atoms with Gasteiger partial charge >= 0.3 is 0 Å². The zero-order chi connectivity index (χ0) is 15.1. The molecule has 0 aromatic heterocycles. The summed E-state index contributed by atoms with van der Waals surface area (Å²) in [4.78, 5) is 0. The van der Waals surface area contributed by atoms with Crippen LogP contribution in [-0.4, -0.2) is 11.3 Å². The number of nitrogens with two attached hydrogens (primary N) is 1. The average molecular weight is 286 g/mol. The summed E-state index contributed by atoms with van der Waals surface area (Å²) in [6.07, 6.45) is 17.5. The highest BCUT2D eigenvalue weighted by Gasteiger charge is 2.14. The fraction of sp³-hybridized carbons (Fsp3) is 1.00. The largest absolute Gasteiger partial charge is 0.379 e. The molecule has 122 valence electrons. The lowest BCUT2D eigenvalue weighted by Gasteiger charge is -2.19. The van der Waals surface area contributed by atoms with Crippen molar-refractivity contribution in [3.8, 4) is 0 Å². The molecule has 0 saturated carbocycles. The SMILES string of the molecule is CCCCCCCCCCC(CCCCCC)C(N)O. The van der Waals surface area contributed by atoms with Crippen LogP contribution in [0.25, 0.3) is 0 Å². The van der Waals surface area contributed by atoms with Gasteiger partial charge in [-0.2, -0.15) is 0 Å². The first-order chi connectivity index (χ1) is 9.72. The van der Waals surface area contributed by atoms with Gasteiger partial charge in [-0.15, -0.1) is 0 Å². The quantitative estimate of drug-likeness (QED) is 0.313. The van der Waals surface area contributed by atoms with E-state index in [2.05, 4.69) is 13.8 Å². The van der Waals surface area contributed by atoms with Crippen LogP contribution in [0.5, 0.6) is 0 Å². The molecule has 0 aliphatic rings. The van der Waals surface area contributed by atoms with E-state index in [1.165, 1.54) is 77.0 Å². The number of hydrogen-bond acceptors (Lipinski definition) is 2. The molecule has 0 aliphatic heterocycles. The first-order valence-electron chi connectivity index (χ1n) is 9.16. The Morgan fingerprint density at radius 3 is 1.40 bits per heavy atom. The molecular formula is C18H39NO. The van der Waals surface area contributed by atoms with Gasteiger partial charge in [0.1, 0.15) is 6.23 Å². The molecule has 2 atom stereocenters. The van der Waals surface area contributed by atoms with E-state index >= 15 is 0 Å². The van der Waals surface area contributed by atoms with E-state index in [0.717, 1.165) is 12.8 Å². The van der Waals surface area contributed by atoms with Crippen LogP contribution >= 0.6 is 0 Å². The van der Waals surface area contributed by atoms with Gasteiger partial charge in [0.15, 0.2) is 0 Å². The Balaban J connectivity index is 3.46. The van der Waals surface area contributed by atoms with Crippen LogP contribution in [0, 0.1) is 5.92 Å². The van der Waals surface area contributed by atoms with E-state index in [9.17, 15) is 5.11 Å². The Labute approximate surface area is 127 Å². The van der Waals surface area contributed by atoms with Crippen LogP contribution in [0.15, 0.2) is 0 Å². The first-order valence-corrected chi connectivity index (χ1v) is 9.16. The predicted molar refractivity (Wildman–Crippen MR) is 89.7 cm³/mol. The van der Waals surface area contributed by atoms with Crippen LogP contribution < -0.4 is 5.73 Å². The molecule has 0 aromatic rings. The number of hydrogen-bond donors (Lipinski definition) is 2. The van der Waals surface area contributed by atoms with E-state index in [1.807, 2.05) is 0 Å². The zero-order valence-corrected chi connectivity index (χ0v) is 14.1. The van der Waals surface area contributed by atoms with Gasteiger partial charge in [0, 0.05) is 0 Å². The third-order valence-corrected chi connectivity index (χ3v) is 4.34. The minimum atomic E-state index is -0.610. The molecule has 0 aliphatic carbocycles. The van der Waals surface area contributed by atoms with Crippen LogP contribution in [0.3, 0.4) is 0 Å². The van der Waals surface area contributed by atoms with Crippen molar-refractivity contribution in [2.24, 2.45) is 11.7 Å². The molecule has 0 spiro atoms. The van der Waals surface area contributed by atoms with Crippen LogP contribution in [0.4, 0.5) is 0 Å². The molecule has 0 aromatic carbocycles. The van der Waals surface area contributed by atoms with Gasteiger partial charge in [0.05, 0.1) is 0 Å². The molecule has 2 nitrogen and oxygen atoms in total. The zero-order valence-electron chi connectivity index (χ0n) is 14.1. The average Bonchev–Trinajstić information content (AvgIpc) is 2.43. The fourth-order valence-corrected chi connectivity index (χ4v) is 2.86. The normalized spacial score (nSPS) is 14.4. The van der Waals surface area contributed by atoms with Gasteiger partial charge in [0.25, 0.3) is 0 Å². The predicted octanol–water partition coefficient (Wildman–Crippen LogP) is 5.38. The van der Waals surface area contributed by atoms with Gasteiger partial charge in [-0.3, -0.25) is 0 Å². The second-order valence-electron chi connectivity index (χ2n) is 6.36. The Bertz CT molecular complexity index is 182. The van der Waals surface area contributed by atoms with E-state index in [4.69, 9.17) is 5.73 Å². The van der Waals surface area contributed by atoms with Crippen LogP contribution in [-0.2, 0) is 0 Å². The third kappa shape index (κ3) is 12.9. The topological polar surface area (TPSA) is 46.2 Å². The molecule has 0 heterocycles. The highest BCUT2D eigenvalue weighted by molar-refractivity contribution is 4.65. The van der Waals surface area contributed by atoms with Gasteiger partial charge in [-0.1, -0.05) is 90.9 Å². The lowest BCUT2D eigenvalue weighted by atomic mass is 9.93. The third-order valence-electron chi connectivity index (χ3n) is 4.34. The van der Waals surface area contributed by atoms with Gasteiger partial charge in [0.2, 0.25) is 0 Å². The molecule has 0 rings (SSSR count). The van der Waals surface area contributed by atoms with E-state index in [0.29, 0.717) is 5.92 Å². The van der Waals surface area contributed by atoms with Crippen molar-refractivity contribution >= 4 is 0 Å². The highest BCUT2D eigenvalue weighted by atomic mass is 16.3. The lowest BCUT2D eigenvalue weighted by Crippen LogP contribution is -2.29.